The Kier molecular flexibility index (Phi) is 5.15. The standard InChI is InChI=1S/C10H11N3O6S/c14-6(15)2-1-5(9(18)19)11-3-4-7(16)12-10(20)13-8(4)17/h3,5H,1-2H2,(H,14,15)(H,18,19)(H3,12,13,16,17,20)/t5-/m1/s1. The summed E-state index contributed by atoms with van der Waals surface area (Å²) in [6.45, 7) is 0. The molecular formula is C10H11N3O6S. The first-order valence-corrected chi connectivity index (χ1v) is 5.75. The minimum Gasteiger partial charge on any atom is -0.494 e. The third kappa shape index (κ3) is 4.31. The van der Waals surface area contributed by atoms with E-state index < -0.39 is 29.4 Å². The van der Waals surface area contributed by atoms with Crippen molar-refractivity contribution in [1.29, 1.82) is 0 Å². The summed E-state index contributed by atoms with van der Waals surface area (Å²) in [6, 6.07) is -1.33. The van der Waals surface area contributed by atoms with Crippen molar-refractivity contribution in [2.75, 3.05) is 0 Å². The molecule has 0 bridgehead atoms. The Labute approximate surface area is 116 Å². The van der Waals surface area contributed by atoms with E-state index in [1.807, 2.05) is 0 Å². The van der Waals surface area contributed by atoms with Gasteiger partial charge in [0.15, 0.2) is 4.77 Å². The van der Waals surface area contributed by atoms with Gasteiger partial charge in [-0.1, -0.05) is 0 Å². The van der Waals surface area contributed by atoms with E-state index in [0.717, 1.165) is 6.21 Å². The van der Waals surface area contributed by atoms with Gasteiger partial charge in [0.25, 0.3) is 5.56 Å². The molecule has 9 nitrogen and oxygen atoms in total. The average molecular weight is 301 g/mol. The van der Waals surface area contributed by atoms with Crippen LogP contribution in [0, 0.1) is 4.77 Å². The molecular weight excluding hydrogens is 290 g/mol. The van der Waals surface area contributed by atoms with Crippen LogP contribution in [0.4, 0.5) is 0 Å². The van der Waals surface area contributed by atoms with Crippen LogP contribution < -0.4 is 5.56 Å². The third-order valence-electron chi connectivity index (χ3n) is 2.26. The molecule has 0 spiro atoms. The van der Waals surface area contributed by atoms with Crippen molar-refractivity contribution >= 4 is 30.4 Å². The van der Waals surface area contributed by atoms with E-state index in [1.165, 1.54) is 0 Å². The molecule has 0 radical (unpaired) electrons. The molecule has 0 aliphatic rings. The fraction of sp³-hybridized carbons (Fsp3) is 0.300. The Morgan fingerprint density at radius 3 is 2.50 bits per heavy atom. The van der Waals surface area contributed by atoms with Gasteiger partial charge < -0.3 is 20.3 Å². The molecule has 0 amide bonds. The van der Waals surface area contributed by atoms with E-state index in [4.69, 9.17) is 10.2 Å². The van der Waals surface area contributed by atoms with Crippen LogP contribution in [0.3, 0.4) is 0 Å². The number of nitrogens with one attached hydrogen (secondary N) is 2. The number of aromatic amines is 2. The lowest BCUT2D eigenvalue weighted by atomic mass is 10.1. The number of rotatable bonds is 6. The summed E-state index contributed by atoms with van der Waals surface area (Å²) in [5, 5.41) is 26.8. The predicted molar refractivity (Wildman–Crippen MR) is 69.8 cm³/mol. The van der Waals surface area contributed by atoms with E-state index >= 15 is 0 Å². The topological polar surface area (TPSA) is 156 Å². The molecule has 1 rings (SSSR count). The van der Waals surface area contributed by atoms with Crippen LogP contribution in [-0.4, -0.2) is 49.5 Å². The average Bonchev–Trinajstić information content (AvgIpc) is 2.30. The zero-order chi connectivity index (χ0) is 15.3. The highest BCUT2D eigenvalue weighted by Crippen LogP contribution is 2.07. The first-order chi connectivity index (χ1) is 9.31. The van der Waals surface area contributed by atoms with Gasteiger partial charge in [-0.05, 0) is 18.6 Å². The van der Waals surface area contributed by atoms with Gasteiger partial charge in [0, 0.05) is 12.6 Å². The summed E-state index contributed by atoms with van der Waals surface area (Å²) in [4.78, 5) is 40.8. The monoisotopic (exact) mass is 301 g/mol. The molecule has 0 aliphatic heterocycles. The van der Waals surface area contributed by atoms with E-state index in [0.29, 0.717) is 0 Å². The summed E-state index contributed by atoms with van der Waals surface area (Å²) in [6.07, 6.45) is 0.247. The van der Waals surface area contributed by atoms with Gasteiger partial charge >= 0.3 is 11.9 Å². The molecule has 108 valence electrons. The summed E-state index contributed by atoms with van der Waals surface area (Å²) < 4.78 is -0.0923. The minimum atomic E-state index is -1.33. The number of aliphatic imine (C=N–C) groups is 1. The number of hydrogen-bond donors (Lipinski definition) is 5. The predicted octanol–water partition coefficient (Wildman–Crippen LogP) is -0.125. The fourth-order valence-electron chi connectivity index (χ4n) is 1.29. The maximum absolute atomic E-state index is 11.5. The maximum atomic E-state index is 11.5. The number of aromatic hydroxyl groups is 1. The Morgan fingerprint density at radius 1 is 1.35 bits per heavy atom. The third-order valence-corrected chi connectivity index (χ3v) is 2.46. The molecule has 1 atom stereocenters. The highest BCUT2D eigenvalue weighted by molar-refractivity contribution is 7.71. The number of aromatic nitrogens is 2. The van der Waals surface area contributed by atoms with Gasteiger partial charge in [-0.3, -0.25) is 19.6 Å². The van der Waals surface area contributed by atoms with Gasteiger partial charge in [0.05, 0.1) is 0 Å². The molecule has 0 saturated carbocycles. The Hall–Kier alpha value is -2.49. The molecule has 1 aromatic rings. The molecule has 1 heterocycles. The van der Waals surface area contributed by atoms with Crippen LogP contribution in [0.1, 0.15) is 18.4 Å². The molecule has 0 aromatic carbocycles. The number of carbonyl (C=O) groups is 2. The highest BCUT2D eigenvalue weighted by atomic mass is 32.1. The maximum Gasteiger partial charge on any atom is 0.328 e. The minimum absolute atomic E-state index is 0.0923. The summed E-state index contributed by atoms with van der Waals surface area (Å²) in [5.41, 5.74) is -1.03. The molecule has 20 heavy (non-hydrogen) atoms. The molecule has 10 heteroatoms. The zero-order valence-electron chi connectivity index (χ0n) is 9.99. The van der Waals surface area contributed by atoms with E-state index in [1.54, 1.807) is 0 Å². The molecule has 0 saturated heterocycles. The number of H-pyrrole nitrogens is 2. The van der Waals surface area contributed by atoms with Crippen LogP contribution in [0.25, 0.3) is 0 Å². The van der Waals surface area contributed by atoms with E-state index in [2.05, 4.69) is 27.2 Å². The second kappa shape index (κ2) is 6.61. The number of carboxylic acid groups (broad SMARTS) is 2. The highest BCUT2D eigenvalue weighted by Gasteiger charge is 2.17. The lowest BCUT2D eigenvalue weighted by Crippen LogP contribution is -2.21. The molecule has 5 N–H and O–H groups in total. The van der Waals surface area contributed by atoms with Gasteiger partial charge in [-0.2, -0.15) is 0 Å². The first kappa shape index (κ1) is 15.6. The Bertz CT molecular complexity index is 662. The molecule has 1 aromatic heterocycles. The molecule has 0 fully saturated rings. The number of nitrogens with zero attached hydrogens (tertiary/aromatic N) is 1. The summed E-state index contributed by atoms with van der Waals surface area (Å²) >= 11 is 4.62. The smallest absolute Gasteiger partial charge is 0.328 e. The lowest BCUT2D eigenvalue weighted by molar-refractivity contribution is -0.139. The van der Waals surface area contributed by atoms with E-state index in [9.17, 15) is 19.5 Å². The molecule has 0 unspecified atom stereocenters. The molecule has 0 aliphatic carbocycles. The second-order valence-electron chi connectivity index (χ2n) is 3.74. The summed E-state index contributed by atoms with van der Waals surface area (Å²) in [5.74, 6) is -3.04. The van der Waals surface area contributed by atoms with Crippen molar-refractivity contribution in [3.8, 4) is 5.88 Å². The van der Waals surface area contributed by atoms with Gasteiger partial charge in [-0.15, -0.1) is 0 Å². The van der Waals surface area contributed by atoms with Gasteiger partial charge in [0.1, 0.15) is 11.6 Å². The Morgan fingerprint density at radius 2 is 2.00 bits per heavy atom. The number of hydrogen-bond acceptors (Lipinski definition) is 6. The van der Waals surface area contributed by atoms with Crippen molar-refractivity contribution in [3.63, 3.8) is 0 Å². The zero-order valence-corrected chi connectivity index (χ0v) is 10.8. The lowest BCUT2D eigenvalue weighted by Gasteiger charge is -2.05. The fourth-order valence-corrected chi connectivity index (χ4v) is 1.48. The summed E-state index contributed by atoms with van der Waals surface area (Å²) in [7, 11) is 0. The van der Waals surface area contributed by atoms with Gasteiger partial charge in [-0.25, -0.2) is 4.79 Å². The largest absolute Gasteiger partial charge is 0.494 e. The Balaban J connectivity index is 2.99. The van der Waals surface area contributed by atoms with Gasteiger partial charge in [0.2, 0.25) is 5.88 Å². The van der Waals surface area contributed by atoms with Crippen molar-refractivity contribution in [2.45, 2.75) is 18.9 Å². The second-order valence-corrected chi connectivity index (χ2v) is 4.14. The van der Waals surface area contributed by atoms with Crippen LogP contribution in [0.2, 0.25) is 0 Å². The normalized spacial score (nSPS) is 12.4. The van der Waals surface area contributed by atoms with E-state index in [-0.39, 0.29) is 23.2 Å². The van der Waals surface area contributed by atoms with Crippen molar-refractivity contribution in [3.05, 3.63) is 20.7 Å². The van der Waals surface area contributed by atoms with Crippen LogP contribution in [-0.2, 0) is 9.59 Å². The van der Waals surface area contributed by atoms with Crippen molar-refractivity contribution in [1.82, 2.24) is 9.97 Å². The number of carboxylic acids is 2. The number of aliphatic carboxylic acids is 2. The SMILES string of the molecule is O=C(O)CC[C@@H](N=Cc1c(O)[nH]c(=S)[nH]c1=O)C(=O)O. The van der Waals surface area contributed by atoms with Crippen LogP contribution in [0.15, 0.2) is 9.79 Å². The van der Waals surface area contributed by atoms with Crippen LogP contribution >= 0.6 is 12.2 Å². The first-order valence-electron chi connectivity index (χ1n) is 5.34. The van der Waals surface area contributed by atoms with Crippen molar-refractivity contribution in [2.24, 2.45) is 4.99 Å². The van der Waals surface area contributed by atoms with Crippen molar-refractivity contribution < 1.29 is 24.9 Å². The quantitative estimate of drug-likeness (QED) is 0.362. The van der Waals surface area contributed by atoms with Crippen LogP contribution in [0.5, 0.6) is 5.88 Å².